The van der Waals surface area contributed by atoms with Crippen LogP contribution in [-0.2, 0) is 11.3 Å². The molecule has 0 aromatic heterocycles. The average Bonchev–Trinajstić information content (AvgIpc) is 2.09. The molecule has 0 unspecified atom stereocenters. The van der Waals surface area contributed by atoms with Gasteiger partial charge in [-0.25, -0.2) is 0 Å². The molecule has 70 valence electrons. The number of hydrogen-bond acceptors (Lipinski definition) is 2. The molecule has 1 rings (SSSR count). The number of rotatable bonds is 4. The van der Waals surface area contributed by atoms with E-state index in [0.717, 1.165) is 17.3 Å². The molecule has 0 amide bonds. The highest BCUT2D eigenvalue weighted by Crippen LogP contribution is 2.11. The number of nitrogens with zero attached hydrogens (tertiary/aromatic N) is 1. The Kier molecular flexibility index (Phi) is 4.12. The molecule has 0 heterocycles. The van der Waals surface area contributed by atoms with Crippen molar-refractivity contribution in [1.29, 1.82) is 0 Å². The van der Waals surface area contributed by atoms with Crippen molar-refractivity contribution in [2.24, 2.45) is 0 Å². The highest BCUT2D eigenvalue weighted by Gasteiger charge is 1.98. The van der Waals surface area contributed by atoms with Crippen LogP contribution in [0, 0.1) is 0 Å². The lowest BCUT2D eigenvalue weighted by Crippen LogP contribution is -2.19. The lowest BCUT2D eigenvalue weighted by atomic mass is 10.2. The van der Waals surface area contributed by atoms with Gasteiger partial charge in [0.05, 0.1) is 6.54 Å². The first-order valence-electron chi connectivity index (χ1n) is 4.09. The molecule has 1 aromatic carbocycles. The topological polar surface area (TPSA) is 20.3 Å². The maximum absolute atomic E-state index is 10.2. The van der Waals surface area contributed by atoms with E-state index < -0.39 is 0 Å². The van der Waals surface area contributed by atoms with Gasteiger partial charge in [-0.2, -0.15) is 0 Å². The number of carbonyl (C=O) groups excluding carboxylic acids is 1. The lowest BCUT2D eigenvalue weighted by Gasteiger charge is -2.12. The average molecular weight is 242 g/mol. The molecule has 1 aromatic rings. The van der Waals surface area contributed by atoms with Crippen LogP contribution < -0.4 is 0 Å². The molecule has 0 atom stereocenters. The van der Waals surface area contributed by atoms with E-state index in [2.05, 4.69) is 15.9 Å². The van der Waals surface area contributed by atoms with Gasteiger partial charge in [-0.15, -0.1) is 0 Å². The van der Waals surface area contributed by atoms with Gasteiger partial charge in [0.25, 0.3) is 0 Å². The fourth-order valence-corrected chi connectivity index (χ4v) is 1.36. The van der Waals surface area contributed by atoms with Gasteiger partial charge in [-0.3, -0.25) is 4.90 Å². The van der Waals surface area contributed by atoms with Gasteiger partial charge in [0.1, 0.15) is 6.29 Å². The molecular formula is C10H12BrNO. The maximum Gasteiger partial charge on any atom is 0.133 e. The Morgan fingerprint density at radius 3 is 2.54 bits per heavy atom. The van der Waals surface area contributed by atoms with Crippen molar-refractivity contribution in [2.45, 2.75) is 6.54 Å². The largest absolute Gasteiger partial charge is 0.302 e. The highest BCUT2D eigenvalue weighted by molar-refractivity contribution is 9.10. The summed E-state index contributed by atoms with van der Waals surface area (Å²) in [5, 5.41) is 0. The van der Waals surface area contributed by atoms with Crippen LogP contribution in [0.2, 0.25) is 0 Å². The van der Waals surface area contributed by atoms with Gasteiger partial charge < -0.3 is 4.79 Å². The number of aldehydes is 1. The molecule has 2 nitrogen and oxygen atoms in total. The Morgan fingerprint density at radius 1 is 1.38 bits per heavy atom. The van der Waals surface area contributed by atoms with E-state index in [-0.39, 0.29) is 0 Å². The van der Waals surface area contributed by atoms with Crippen LogP contribution in [0.4, 0.5) is 0 Å². The minimum Gasteiger partial charge on any atom is -0.302 e. The summed E-state index contributed by atoms with van der Waals surface area (Å²) >= 11 is 3.37. The van der Waals surface area contributed by atoms with E-state index in [4.69, 9.17) is 0 Å². The first-order chi connectivity index (χ1) is 6.22. The predicted octanol–water partition coefficient (Wildman–Crippen LogP) is 2.08. The molecule has 0 aliphatic carbocycles. The van der Waals surface area contributed by atoms with Gasteiger partial charge in [0, 0.05) is 11.0 Å². The zero-order valence-corrected chi connectivity index (χ0v) is 9.12. The Hall–Kier alpha value is -0.670. The van der Waals surface area contributed by atoms with E-state index in [1.165, 1.54) is 5.56 Å². The second-order valence-corrected chi connectivity index (χ2v) is 3.91. The third-order valence-corrected chi connectivity index (χ3v) is 2.28. The molecule has 13 heavy (non-hydrogen) atoms. The lowest BCUT2D eigenvalue weighted by molar-refractivity contribution is -0.108. The summed E-state index contributed by atoms with van der Waals surface area (Å²) in [4.78, 5) is 12.2. The summed E-state index contributed by atoms with van der Waals surface area (Å²) in [5.74, 6) is 0. The van der Waals surface area contributed by atoms with Crippen LogP contribution in [0.1, 0.15) is 5.56 Å². The number of halogens is 1. The number of benzene rings is 1. The van der Waals surface area contributed by atoms with Crippen molar-refractivity contribution >= 4 is 22.2 Å². The van der Waals surface area contributed by atoms with Crippen molar-refractivity contribution in [2.75, 3.05) is 13.6 Å². The molecule has 3 heteroatoms. The summed E-state index contributed by atoms with van der Waals surface area (Å²) in [6, 6.07) is 8.10. The molecule has 0 bridgehead atoms. The van der Waals surface area contributed by atoms with Crippen LogP contribution >= 0.6 is 15.9 Å². The van der Waals surface area contributed by atoms with Crippen molar-refractivity contribution < 1.29 is 4.79 Å². The molecular weight excluding hydrogens is 230 g/mol. The molecule has 0 saturated heterocycles. The minimum atomic E-state index is 0.482. The van der Waals surface area contributed by atoms with Crippen LogP contribution in [0.5, 0.6) is 0 Å². The molecule has 0 spiro atoms. The monoisotopic (exact) mass is 241 g/mol. The summed E-state index contributed by atoms with van der Waals surface area (Å²) in [6.45, 7) is 1.29. The zero-order valence-electron chi connectivity index (χ0n) is 7.53. The molecule has 0 saturated carbocycles. The number of likely N-dealkylation sites (N-methyl/N-ethyl adjacent to an activating group) is 1. The normalized spacial score (nSPS) is 10.4. The second kappa shape index (κ2) is 5.14. The van der Waals surface area contributed by atoms with E-state index in [1.54, 1.807) is 0 Å². The van der Waals surface area contributed by atoms with E-state index in [1.807, 2.05) is 36.2 Å². The smallest absolute Gasteiger partial charge is 0.133 e. The Morgan fingerprint density at radius 2 is 2.00 bits per heavy atom. The Balaban J connectivity index is 2.53. The molecule has 0 N–H and O–H groups in total. The first-order valence-corrected chi connectivity index (χ1v) is 4.88. The van der Waals surface area contributed by atoms with Crippen molar-refractivity contribution in [1.82, 2.24) is 4.90 Å². The van der Waals surface area contributed by atoms with E-state index >= 15 is 0 Å². The predicted molar refractivity (Wildman–Crippen MR) is 56.5 cm³/mol. The summed E-state index contributed by atoms with van der Waals surface area (Å²) in [5.41, 5.74) is 1.22. The molecule has 0 aliphatic heterocycles. The molecule has 0 fully saturated rings. The zero-order chi connectivity index (χ0) is 9.68. The summed E-state index contributed by atoms with van der Waals surface area (Å²) in [7, 11) is 1.93. The van der Waals surface area contributed by atoms with Crippen molar-refractivity contribution in [3.8, 4) is 0 Å². The van der Waals surface area contributed by atoms with E-state index in [0.29, 0.717) is 6.54 Å². The van der Waals surface area contributed by atoms with Crippen LogP contribution in [0.25, 0.3) is 0 Å². The highest BCUT2D eigenvalue weighted by atomic mass is 79.9. The summed E-state index contributed by atoms with van der Waals surface area (Å²) < 4.78 is 1.08. The Labute approximate surface area is 86.7 Å². The summed E-state index contributed by atoms with van der Waals surface area (Å²) in [6.07, 6.45) is 0.916. The standard InChI is InChI=1S/C10H12BrNO/c1-12(6-7-13)8-9-2-4-10(11)5-3-9/h2-5,7H,6,8H2,1H3. The molecule has 0 aliphatic rings. The van der Waals surface area contributed by atoms with Crippen LogP contribution in [-0.4, -0.2) is 24.8 Å². The second-order valence-electron chi connectivity index (χ2n) is 2.99. The van der Waals surface area contributed by atoms with Crippen molar-refractivity contribution in [3.05, 3.63) is 34.3 Å². The van der Waals surface area contributed by atoms with Gasteiger partial charge >= 0.3 is 0 Å². The maximum atomic E-state index is 10.2. The fourth-order valence-electron chi connectivity index (χ4n) is 1.09. The first kappa shape index (κ1) is 10.4. The van der Waals surface area contributed by atoms with Gasteiger partial charge in [0.2, 0.25) is 0 Å². The SMILES string of the molecule is CN(CC=O)Cc1ccc(Br)cc1. The third-order valence-electron chi connectivity index (χ3n) is 1.75. The van der Waals surface area contributed by atoms with E-state index in [9.17, 15) is 4.79 Å². The fraction of sp³-hybridized carbons (Fsp3) is 0.300. The third kappa shape index (κ3) is 3.70. The Bertz CT molecular complexity index is 271. The van der Waals surface area contributed by atoms with Crippen LogP contribution in [0.3, 0.4) is 0 Å². The number of carbonyl (C=O) groups is 1. The van der Waals surface area contributed by atoms with Gasteiger partial charge in [-0.1, -0.05) is 28.1 Å². The van der Waals surface area contributed by atoms with Gasteiger partial charge in [0.15, 0.2) is 0 Å². The number of hydrogen-bond donors (Lipinski definition) is 0. The van der Waals surface area contributed by atoms with Crippen molar-refractivity contribution in [3.63, 3.8) is 0 Å². The quantitative estimate of drug-likeness (QED) is 0.753. The minimum absolute atomic E-state index is 0.482. The van der Waals surface area contributed by atoms with Crippen LogP contribution in [0.15, 0.2) is 28.7 Å². The van der Waals surface area contributed by atoms with Gasteiger partial charge in [-0.05, 0) is 24.7 Å². The molecule has 0 radical (unpaired) electrons.